The molecule has 6 nitrogen and oxygen atoms in total. The summed E-state index contributed by atoms with van der Waals surface area (Å²) in [6.45, 7) is 1.21. The van der Waals surface area contributed by atoms with E-state index in [4.69, 9.17) is 4.74 Å². The van der Waals surface area contributed by atoms with Crippen molar-refractivity contribution in [2.24, 2.45) is 0 Å². The number of benzene rings is 3. The molecule has 0 aromatic heterocycles. The van der Waals surface area contributed by atoms with E-state index >= 15 is 0 Å². The van der Waals surface area contributed by atoms with Crippen LogP contribution < -0.4 is 14.8 Å². The van der Waals surface area contributed by atoms with E-state index in [2.05, 4.69) is 10.0 Å². The van der Waals surface area contributed by atoms with Crippen molar-refractivity contribution in [3.63, 3.8) is 0 Å². The van der Waals surface area contributed by atoms with Crippen LogP contribution in [0.5, 0.6) is 5.75 Å². The number of sulfonamides is 1. The van der Waals surface area contributed by atoms with Crippen LogP contribution in [0.25, 0.3) is 0 Å². The summed E-state index contributed by atoms with van der Waals surface area (Å²) in [4.78, 5) is 12.0. The molecule has 0 unspecified atom stereocenters. The minimum atomic E-state index is -4.61. The lowest BCUT2D eigenvalue weighted by molar-refractivity contribution is -0.137. The Labute approximate surface area is 183 Å². The Hall–Kier alpha value is -3.53. The van der Waals surface area contributed by atoms with Gasteiger partial charge in [-0.25, -0.2) is 8.42 Å². The van der Waals surface area contributed by atoms with Gasteiger partial charge in [-0.15, -0.1) is 0 Å². The second kappa shape index (κ2) is 9.31. The predicted octanol–water partition coefficient (Wildman–Crippen LogP) is 4.83. The van der Waals surface area contributed by atoms with E-state index in [-0.39, 0.29) is 16.3 Å². The molecule has 0 saturated carbocycles. The minimum Gasteiger partial charge on any atom is -0.484 e. The van der Waals surface area contributed by atoms with Gasteiger partial charge in [0.1, 0.15) is 5.75 Å². The number of anilines is 2. The third-order valence-electron chi connectivity index (χ3n) is 4.40. The molecule has 32 heavy (non-hydrogen) atoms. The second-order valence-corrected chi connectivity index (χ2v) is 8.45. The van der Waals surface area contributed by atoms with E-state index in [9.17, 15) is 26.4 Å². The number of carbonyl (C=O) groups is 1. The van der Waals surface area contributed by atoms with E-state index in [1.165, 1.54) is 36.4 Å². The molecule has 3 rings (SSSR count). The first-order valence-corrected chi connectivity index (χ1v) is 10.8. The standard InChI is InChI=1S/C22H19F3N2O4S/c1-15-6-2-4-8-19(15)27-32(29,30)17-12-10-16(11-13-17)31-14-21(28)26-20-9-5-3-7-18(20)22(23,24)25/h2-13,27H,14H2,1H3,(H,26,28). The van der Waals surface area contributed by atoms with Gasteiger partial charge in [0.2, 0.25) is 0 Å². The fourth-order valence-corrected chi connectivity index (χ4v) is 3.91. The third-order valence-corrected chi connectivity index (χ3v) is 5.78. The van der Waals surface area contributed by atoms with E-state index in [1.807, 2.05) is 0 Å². The average Bonchev–Trinajstić information content (AvgIpc) is 2.74. The maximum Gasteiger partial charge on any atom is 0.418 e. The molecule has 0 aliphatic rings. The van der Waals surface area contributed by atoms with Crippen LogP contribution in [0.15, 0.2) is 77.7 Å². The number of halogens is 3. The monoisotopic (exact) mass is 464 g/mol. The Morgan fingerprint density at radius 2 is 1.50 bits per heavy atom. The smallest absolute Gasteiger partial charge is 0.418 e. The highest BCUT2D eigenvalue weighted by Gasteiger charge is 2.33. The Morgan fingerprint density at radius 3 is 2.12 bits per heavy atom. The molecule has 0 bridgehead atoms. The summed E-state index contributed by atoms with van der Waals surface area (Å²) in [7, 11) is -3.83. The first-order chi connectivity index (χ1) is 15.1. The van der Waals surface area contributed by atoms with Crippen molar-refractivity contribution < 1.29 is 31.1 Å². The zero-order chi connectivity index (χ0) is 23.4. The summed E-state index contributed by atoms with van der Waals surface area (Å²) in [5.74, 6) is -0.612. The molecule has 0 atom stereocenters. The lowest BCUT2D eigenvalue weighted by Gasteiger charge is -2.14. The average molecular weight is 464 g/mol. The van der Waals surface area contributed by atoms with Crippen molar-refractivity contribution in [1.29, 1.82) is 0 Å². The normalized spacial score (nSPS) is 11.6. The molecule has 2 N–H and O–H groups in total. The van der Waals surface area contributed by atoms with Crippen molar-refractivity contribution in [2.75, 3.05) is 16.6 Å². The summed E-state index contributed by atoms with van der Waals surface area (Å²) in [6, 6.07) is 16.8. The summed E-state index contributed by atoms with van der Waals surface area (Å²) >= 11 is 0. The lowest BCUT2D eigenvalue weighted by Crippen LogP contribution is -2.22. The van der Waals surface area contributed by atoms with Crippen LogP contribution in [-0.4, -0.2) is 20.9 Å². The Balaban J connectivity index is 1.62. The molecule has 3 aromatic rings. The number of amides is 1. The maximum absolute atomic E-state index is 13.0. The highest BCUT2D eigenvalue weighted by molar-refractivity contribution is 7.92. The van der Waals surface area contributed by atoms with Crippen molar-refractivity contribution in [3.8, 4) is 5.75 Å². The van der Waals surface area contributed by atoms with Gasteiger partial charge in [-0.2, -0.15) is 13.2 Å². The van der Waals surface area contributed by atoms with Crippen LogP contribution in [0, 0.1) is 6.92 Å². The number of hydrogen-bond donors (Lipinski definition) is 2. The van der Waals surface area contributed by atoms with Gasteiger partial charge in [-0.3, -0.25) is 9.52 Å². The van der Waals surface area contributed by atoms with Crippen LogP contribution >= 0.6 is 0 Å². The Bertz CT molecular complexity index is 1210. The third kappa shape index (κ3) is 5.79. The first-order valence-electron chi connectivity index (χ1n) is 9.34. The highest BCUT2D eigenvalue weighted by atomic mass is 32.2. The van der Waals surface area contributed by atoms with Gasteiger partial charge >= 0.3 is 6.18 Å². The van der Waals surface area contributed by atoms with Crippen molar-refractivity contribution >= 4 is 27.3 Å². The molecule has 0 aliphatic heterocycles. The van der Waals surface area contributed by atoms with E-state index in [0.29, 0.717) is 5.69 Å². The van der Waals surface area contributed by atoms with Gasteiger partial charge in [-0.05, 0) is 55.0 Å². The summed E-state index contributed by atoms with van der Waals surface area (Å²) in [5.41, 5.74) is -0.140. The van der Waals surface area contributed by atoms with Gasteiger partial charge in [0, 0.05) is 0 Å². The Morgan fingerprint density at radius 1 is 0.906 bits per heavy atom. The molecule has 0 heterocycles. The van der Waals surface area contributed by atoms with Crippen molar-refractivity contribution in [2.45, 2.75) is 18.0 Å². The largest absolute Gasteiger partial charge is 0.484 e. The van der Waals surface area contributed by atoms with Crippen molar-refractivity contribution in [3.05, 3.63) is 83.9 Å². The van der Waals surface area contributed by atoms with Gasteiger partial charge in [-0.1, -0.05) is 30.3 Å². The summed E-state index contributed by atoms with van der Waals surface area (Å²) < 4.78 is 71.9. The predicted molar refractivity (Wildman–Crippen MR) is 114 cm³/mol. The molecule has 1 amide bonds. The molecule has 168 valence electrons. The molecule has 0 fully saturated rings. The minimum absolute atomic E-state index is 0.0170. The molecular formula is C22H19F3N2O4S. The lowest BCUT2D eigenvalue weighted by atomic mass is 10.1. The highest BCUT2D eigenvalue weighted by Crippen LogP contribution is 2.34. The number of nitrogens with one attached hydrogen (secondary N) is 2. The van der Waals surface area contributed by atoms with Crippen LogP contribution in [0.1, 0.15) is 11.1 Å². The molecular weight excluding hydrogens is 445 g/mol. The molecule has 0 spiro atoms. The number of carbonyl (C=O) groups excluding carboxylic acids is 1. The summed E-state index contributed by atoms with van der Waals surface area (Å²) in [5, 5.41) is 2.17. The number of rotatable bonds is 7. The number of aryl methyl sites for hydroxylation is 1. The topological polar surface area (TPSA) is 84.5 Å². The fraction of sp³-hybridized carbons (Fsp3) is 0.136. The van der Waals surface area contributed by atoms with Gasteiger partial charge in [0.05, 0.1) is 21.8 Å². The SMILES string of the molecule is Cc1ccccc1NS(=O)(=O)c1ccc(OCC(=O)Nc2ccccc2C(F)(F)F)cc1. The molecule has 0 saturated heterocycles. The van der Waals surface area contributed by atoms with Crippen molar-refractivity contribution in [1.82, 2.24) is 0 Å². The quantitative estimate of drug-likeness (QED) is 0.525. The first kappa shape index (κ1) is 23.1. The second-order valence-electron chi connectivity index (χ2n) is 6.77. The zero-order valence-electron chi connectivity index (χ0n) is 16.8. The molecule has 3 aromatic carbocycles. The van der Waals surface area contributed by atoms with Gasteiger partial charge in [0.15, 0.2) is 6.61 Å². The molecule has 0 radical (unpaired) electrons. The van der Waals surface area contributed by atoms with E-state index < -0.39 is 34.3 Å². The maximum atomic E-state index is 13.0. The van der Waals surface area contributed by atoms with Crippen LogP contribution in [0.4, 0.5) is 24.5 Å². The molecule has 10 heteroatoms. The Kier molecular flexibility index (Phi) is 6.73. The van der Waals surface area contributed by atoms with E-state index in [0.717, 1.165) is 17.7 Å². The molecule has 0 aliphatic carbocycles. The fourth-order valence-electron chi connectivity index (χ4n) is 2.78. The van der Waals surface area contributed by atoms with Crippen LogP contribution in [0.2, 0.25) is 0 Å². The van der Waals surface area contributed by atoms with Gasteiger partial charge < -0.3 is 10.1 Å². The number of ether oxygens (including phenoxy) is 1. The number of para-hydroxylation sites is 2. The van der Waals surface area contributed by atoms with Gasteiger partial charge in [0.25, 0.3) is 15.9 Å². The zero-order valence-corrected chi connectivity index (χ0v) is 17.6. The number of hydrogen-bond acceptors (Lipinski definition) is 4. The van der Waals surface area contributed by atoms with Crippen LogP contribution in [0.3, 0.4) is 0 Å². The summed E-state index contributed by atoms with van der Waals surface area (Å²) in [6.07, 6.45) is -4.61. The number of alkyl halides is 3. The van der Waals surface area contributed by atoms with E-state index in [1.54, 1.807) is 31.2 Å². The van der Waals surface area contributed by atoms with Crippen LogP contribution in [-0.2, 0) is 21.0 Å².